The number of aromatic nitrogens is 4. The van der Waals surface area contributed by atoms with Crippen LogP contribution in [0.4, 0.5) is 14.8 Å². The van der Waals surface area contributed by atoms with Gasteiger partial charge in [0, 0.05) is 0 Å². The normalized spacial score (nSPS) is 12.1. The number of hydrogen-bond donors (Lipinski definition) is 0. The summed E-state index contributed by atoms with van der Waals surface area (Å²) in [6.07, 6.45) is -1.52. The molecule has 146 valence electrons. The second-order valence-electron chi connectivity index (χ2n) is 5.41. The first-order valence-corrected chi connectivity index (χ1v) is 10.1. The molecule has 0 spiro atoms. The average Bonchev–Trinajstić information content (AvgIpc) is 3.33. The predicted octanol–water partition coefficient (Wildman–Crippen LogP) is 3.09. The number of sulfonamides is 1. The molecular formula is C14H15F2N5O4S2. The van der Waals surface area contributed by atoms with Gasteiger partial charge in [0.25, 0.3) is 11.8 Å². The fraction of sp³-hybridized carbons (Fsp3) is 0.429. The number of aryl methyl sites for hydroxylation is 2. The minimum absolute atomic E-state index is 0.0543. The molecule has 0 fully saturated rings. The lowest BCUT2D eigenvalue weighted by Gasteiger charge is -2.18. The van der Waals surface area contributed by atoms with Crippen LogP contribution in [0.2, 0.25) is 0 Å². The zero-order valence-corrected chi connectivity index (χ0v) is 16.1. The summed E-state index contributed by atoms with van der Waals surface area (Å²) in [5.41, 5.74) is 0.575. The first kappa shape index (κ1) is 19.4. The summed E-state index contributed by atoms with van der Waals surface area (Å²) >= 11 is 1.04. The summed E-state index contributed by atoms with van der Waals surface area (Å²) in [4.78, 5) is 8.60. The van der Waals surface area contributed by atoms with Crippen LogP contribution in [0.25, 0.3) is 10.8 Å². The Hall–Kier alpha value is -2.41. The van der Waals surface area contributed by atoms with Crippen molar-refractivity contribution in [2.75, 3.05) is 10.1 Å². The molecule has 13 heteroatoms. The van der Waals surface area contributed by atoms with E-state index >= 15 is 0 Å². The molecular weight excluding hydrogens is 404 g/mol. The first-order valence-electron chi connectivity index (χ1n) is 7.72. The van der Waals surface area contributed by atoms with Crippen LogP contribution < -0.4 is 4.31 Å². The van der Waals surface area contributed by atoms with Crippen LogP contribution in [0.15, 0.2) is 15.0 Å². The monoisotopic (exact) mass is 419 g/mol. The van der Waals surface area contributed by atoms with Crippen molar-refractivity contribution < 1.29 is 26.0 Å². The van der Waals surface area contributed by atoms with Gasteiger partial charge in [-0.1, -0.05) is 0 Å². The van der Waals surface area contributed by atoms with Crippen molar-refractivity contribution in [2.45, 2.75) is 33.7 Å². The molecule has 0 radical (unpaired) electrons. The second-order valence-corrected chi connectivity index (χ2v) is 8.71. The molecule has 0 aliphatic heterocycles. The Morgan fingerprint density at radius 2 is 2.00 bits per heavy atom. The van der Waals surface area contributed by atoms with Gasteiger partial charge in [-0.15, -0.1) is 21.5 Å². The zero-order chi connectivity index (χ0) is 19.8. The summed E-state index contributed by atoms with van der Waals surface area (Å²) in [7, 11) is -3.68. The van der Waals surface area contributed by atoms with E-state index in [9.17, 15) is 17.2 Å². The van der Waals surface area contributed by atoms with E-state index in [2.05, 4.69) is 20.2 Å². The highest BCUT2D eigenvalue weighted by Gasteiger charge is 2.28. The van der Waals surface area contributed by atoms with E-state index in [-0.39, 0.29) is 24.2 Å². The Labute approximate surface area is 157 Å². The zero-order valence-electron chi connectivity index (χ0n) is 14.5. The van der Waals surface area contributed by atoms with E-state index < -0.39 is 22.3 Å². The molecule has 3 heterocycles. The lowest BCUT2D eigenvalue weighted by molar-refractivity contribution is 0.116. The van der Waals surface area contributed by atoms with Crippen molar-refractivity contribution in [1.82, 2.24) is 20.2 Å². The third kappa shape index (κ3) is 3.98. The minimum Gasteiger partial charge on any atom is -0.428 e. The summed E-state index contributed by atoms with van der Waals surface area (Å²) in [6, 6.07) is -0.0543. The van der Waals surface area contributed by atoms with Crippen molar-refractivity contribution in [3.05, 3.63) is 28.5 Å². The van der Waals surface area contributed by atoms with E-state index in [1.165, 1.54) is 13.1 Å². The van der Waals surface area contributed by atoms with E-state index in [1.54, 1.807) is 13.8 Å². The number of halogens is 2. The van der Waals surface area contributed by atoms with Crippen LogP contribution >= 0.6 is 11.3 Å². The number of oxazole rings is 1. The van der Waals surface area contributed by atoms with Gasteiger partial charge in [-0.05, 0) is 20.8 Å². The molecule has 0 saturated carbocycles. The van der Waals surface area contributed by atoms with Crippen molar-refractivity contribution >= 4 is 27.4 Å². The Morgan fingerprint density at radius 1 is 1.26 bits per heavy atom. The molecule has 3 aromatic rings. The van der Waals surface area contributed by atoms with Gasteiger partial charge in [-0.3, -0.25) is 0 Å². The lowest BCUT2D eigenvalue weighted by Crippen LogP contribution is -2.32. The standard InChI is InChI=1S/C14H15F2N5O4S2/c1-4-27(22,23)21(14-18-7(2)8(3)24-14)6-10-17-5-9(26-10)12-19-20-13(25-12)11(15)16/h5,11H,4,6H2,1-3H3. The van der Waals surface area contributed by atoms with Gasteiger partial charge in [0.2, 0.25) is 10.0 Å². The predicted molar refractivity (Wildman–Crippen MR) is 92.0 cm³/mol. The average molecular weight is 419 g/mol. The number of rotatable bonds is 7. The summed E-state index contributed by atoms with van der Waals surface area (Å²) in [5, 5.41) is 7.19. The first-order chi connectivity index (χ1) is 12.7. The SMILES string of the molecule is CCS(=O)(=O)N(Cc1ncc(-c2nnc(C(F)F)o2)s1)c1nc(C)c(C)o1. The Bertz CT molecular complexity index is 1020. The molecule has 0 aliphatic rings. The molecule has 3 rings (SSSR count). The molecule has 27 heavy (non-hydrogen) atoms. The highest BCUT2D eigenvalue weighted by Crippen LogP contribution is 2.30. The molecule has 0 saturated heterocycles. The van der Waals surface area contributed by atoms with Crippen LogP contribution in [-0.4, -0.2) is 34.3 Å². The molecule has 0 N–H and O–H groups in total. The number of hydrogen-bond acceptors (Lipinski definition) is 9. The van der Waals surface area contributed by atoms with Crippen LogP contribution in [0.5, 0.6) is 0 Å². The van der Waals surface area contributed by atoms with Crippen molar-refractivity contribution in [1.29, 1.82) is 0 Å². The maximum atomic E-state index is 12.6. The number of thiazole rings is 1. The van der Waals surface area contributed by atoms with Gasteiger partial charge < -0.3 is 8.83 Å². The fourth-order valence-electron chi connectivity index (χ4n) is 2.03. The van der Waals surface area contributed by atoms with Gasteiger partial charge in [-0.25, -0.2) is 17.7 Å². The highest BCUT2D eigenvalue weighted by molar-refractivity contribution is 7.92. The van der Waals surface area contributed by atoms with Gasteiger partial charge in [0.15, 0.2) is 0 Å². The molecule has 3 aromatic heterocycles. The largest absolute Gasteiger partial charge is 0.428 e. The smallest absolute Gasteiger partial charge is 0.314 e. The van der Waals surface area contributed by atoms with Crippen molar-refractivity contribution in [3.63, 3.8) is 0 Å². The number of alkyl halides is 2. The molecule has 0 aliphatic carbocycles. The maximum absolute atomic E-state index is 12.6. The van der Waals surface area contributed by atoms with E-state index in [0.29, 0.717) is 21.3 Å². The van der Waals surface area contributed by atoms with Crippen LogP contribution in [0.1, 0.15) is 35.7 Å². The van der Waals surface area contributed by atoms with E-state index in [4.69, 9.17) is 8.83 Å². The number of anilines is 1. The molecule has 0 bridgehead atoms. The third-order valence-corrected chi connectivity index (χ3v) is 6.26. The minimum atomic E-state index is -3.68. The maximum Gasteiger partial charge on any atom is 0.314 e. The molecule has 0 atom stereocenters. The quantitative estimate of drug-likeness (QED) is 0.574. The number of nitrogens with zero attached hydrogens (tertiary/aromatic N) is 5. The van der Waals surface area contributed by atoms with Gasteiger partial charge >= 0.3 is 12.4 Å². The van der Waals surface area contributed by atoms with E-state index in [1.807, 2.05) is 0 Å². The lowest BCUT2D eigenvalue weighted by atomic mass is 10.4. The van der Waals surface area contributed by atoms with Gasteiger partial charge in [-0.2, -0.15) is 13.8 Å². The van der Waals surface area contributed by atoms with Gasteiger partial charge in [0.1, 0.15) is 15.6 Å². The highest BCUT2D eigenvalue weighted by atomic mass is 32.2. The third-order valence-electron chi connectivity index (χ3n) is 3.60. The van der Waals surface area contributed by atoms with Crippen LogP contribution in [0, 0.1) is 13.8 Å². The summed E-state index contributed by atoms with van der Waals surface area (Å²) < 4.78 is 61.4. The topological polar surface area (TPSA) is 115 Å². The fourth-order valence-corrected chi connectivity index (χ4v) is 3.89. The molecule has 0 amide bonds. The van der Waals surface area contributed by atoms with Crippen LogP contribution in [-0.2, 0) is 16.6 Å². The summed E-state index contributed by atoms with van der Waals surface area (Å²) in [6.45, 7) is 4.76. The van der Waals surface area contributed by atoms with Crippen molar-refractivity contribution in [2.24, 2.45) is 0 Å². The second kappa shape index (κ2) is 7.31. The Morgan fingerprint density at radius 3 is 2.56 bits per heavy atom. The summed E-state index contributed by atoms with van der Waals surface area (Å²) in [5.74, 6) is -0.554. The van der Waals surface area contributed by atoms with Crippen molar-refractivity contribution in [3.8, 4) is 10.8 Å². The van der Waals surface area contributed by atoms with E-state index in [0.717, 1.165) is 15.6 Å². The molecule has 0 unspecified atom stereocenters. The Balaban J connectivity index is 1.89. The van der Waals surface area contributed by atoms with Crippen LogP contribution in [0.3, 0.4) is 0 Å². The van der Waals surface area contributed by atoms with Gasteiger partial charge in [0.05, 0.1) is 24.2 Å². The molecule has 0 aromatic carbocycles. The molecule has 9 nitrogen and oxygen atoms in total. The Kier molecular flexibility index (Phi) is 5.24.